The molecule has 0 spiro atoms. The highest BCUT2D eigenvalue weighted by atomic mass is 32.1. The molecule has 1 aliphatic rings. The smallest absolute Gasteiger partial charge is 0.0712 e. The molecule has 1 atom stereocenters. The first-order valence-corrected chi connectivity index (χ1v) is 18.1. The van der Waals surface area contributed by atoms with Crippen LogP contribution in [0.15, 0.2) is 182 Å². The summed E-state index contributed by atoms with van der Waals surface area (Å²) in [5, 5.41) is 2.67. The minimum absolute atomic E-state index is 0.180. The van der Waals surface area contributed by atoms with Crippen molar-refractivity contribution in [2.24, 2.45) is 0 Å². The van der Waals surface area contributed by atoms with Gasteiger partial charge in [-0.25, -0.2) is 4.98 Å². The quantitative estimate of drug-likeness (QED) is 0.173. The van der Waals surface area contributed by atoms with Crippen LogP contribution in [0.1, 0.15) is 24.5 Å². The van der Waals surface area contributed by atoms with E-state index in [-0.39, 0.29) is 5.41 Å². The SMILES string of the molecule is CC1(c2cc(-c3ccccc3)nc(-c3ccccc3)c2)C=CC=C(c2ccc(-c3cccc(-c4cccc5c4sc4ccccc45)c3)cc2)C1. The van der Waals surface area contributed by atoms with Gasteiger partial charge in [0.15, 0.2) is 0 Å². The number of benzene rings is 6. The summed E-state index contributed by atoms with van der Waals surface area (Å²) >= 11 is 1.88. The largest absolute Gasteiger partial charge is 0.248 e. The van der Waals surface area contributed by atoms with Gasteiger partial charge in [-0.3, -0.25) is 0 Å². The zero-order chi connectivity index (χ0) is 33.5. The van der Waals surface area contributed by atoms with Gasteiger partial charge in [-0.15, -0.1) is 11.3 Å². The molecule has 50 heavy (non-hydrogen) atoms. The summed E-state index contributed by atoms with van der Waals surface area (Å²) in [6.07, 6.45) is 7.77. The summed E-state index contributed by atoms with van der Waals surface area (Å²) in [6, 6.07) is 59.1. The molecule has 0 aliphatic heterocycles. The van der Waals surface area contributed by atoms with Crippen molar-refractivity contribution >= 4 is 37.1 Å². The summed E-state index contributed by atoms with van der Waals surface area (Å²) in [4.78, 5) is 5.13. The summed E-state index contributed by atoms with van der Waals surface area (Å²) in [7, 11) is 0. The van der Waals surface area contributed by atoms with E-state index in [1.807, 2.05) is 11.3 Å². The topological polar surface area (TPSA) is 12.9 Å². The molecule has 0 fully saturated rings. The Bertz CT molecular complexity index is 2500. The molecule has 1 nitrogen and oxygen atoms in total. The molecule has 0 bridgehead atoms. The first-order valence-electron chi connectivity index (χ1n) is 17.2. The predicted octanol–water partition coefficient (Wildman–Crippen LogP) is 13.4. The standard InChI is InChI=1S/C48H35NS/c1-48(40-30-44(35-13-4-2-5-14-35)49-45(31-40)36-15-6-3-7-16-36)28-12-19-39(32-48)34-26-24-33(25-27-34)37-17-10-18-38(29-37)41-21-11-22-43-42-20-8-9-23-46(42)50-47(41)43/h2-31H,32H2,1H3. The van der Waals surface area contributed by atoms with Crippen LogP contribution in [0.3, 0.4) is 0 Å². The molecule has 0 amide bonds. The van der Waals surface area contributed by atoms with Crippen LogP contribution in [-0.4, -0.2) is 4.98 Å². The number of rotatable bonds is 6. The number of hydrogen-bond donors (Lipinski definition) is 0. The maximum Gasteiger partial charge on any atom is 0.0712 e. The Morgan fingerprint density at radius 3 is 1.86 bits per heavy atom. The first-order chi connectivity index (χ1) is 24.6. The molecule has 1 unspecified atom stereocenters. The molecule has 2 aromatic heterocycles. The Morgan fingerprint density at radius 1 is 0.520 bits per heavy atom. The van der Waals surface area contributed by atoms with E-state index >= 15 is 0 Å². The average Bonchev–Trinajstić information content (AvgIpc) is 3.58. The Kier molecular flexibility index (Phi) is 7.60. The lowest BCUT2D eigenvalue weighted by atomic mass is 9.73. The Balaban J connectivity index is 1.02. The van der Waals surface area contributed by atoms with Crippen LogP contribution in [0.25, 0.3) is 70.5 Å². The van der Waals surface area contributed by atoms with Crippen LogP contribution in [-0.2, 0) is 5.41 Å². The minimum atomic E-state index is -0.180. The Labute approximate surface area is 297 Å². The molecule has 0 radical (unpaired) electrons. The van der Waals surface area contributed by atoms with Crippen LogP contribution >= 0.6 is 11.3 Å². The van der Waals surface area contributed by atoms with Crippen molar-refractivity contribution in [3.8, 4) is 44.8 Å². The minimum Gasteiger partial charge on any atom is -0.248 e. The van der Waals surface area contributed by atoms with Gasteiger partial charge in [0, 0.05) is 36.7 Å². The van der Waals surface area contributed by atoms with E-state index < -0.39 is 0 Å². The van der Waals surface area contributed by atoms with Crippen LogP contribution < -0.4 is 0 Å². The van der Waals surface area contributed by atoms with Crippen molar-refractivity contribution in [3.63, 3.8) is 0 Å². The van der Waals surface area contributed by atoms with Crippen LogP contribution in [0, 0.1) is 0 Å². The van der Waals surface area contributed by atoms with Crippen molar-refractivity contribution < 1.29 is 0 Å². The second-order valence-corrected chi connectivity index (χ2v) is 14.5. The molecule has 2 heteroatoms. The number of thiophene rings is 1. The maximum absolute atomic E-state index is 5.13. The summed E-state index contributed by atoms with van der Waals surface area (Å²) in [6.45, 7) is 2.35. The van der Waals surface area contributed by atoms with Crippen LogP contribution in [0.5, 0.6) is 0 Å². The lowest BCUT2D eigenvalue weighted by Crippen LogP contribution is -2.22. The highest BCUT2D eigenvalue weighted by molar-refractivity contribution is 7.26. The number of pyridine rings is 1. The van der Waals surface area contributed by atoms with Crippen molar-refractivity contribution in [2.45, 2.75) is 18.8 Å². The highest BCUT2D eigenvalue weighted by Crippen LogP contribution is 2.43. The molecule has 0 saturated carbocycles. The number of nitrogens with zero attached hydrogens (tertiary/aromatic N) is 1. The van der Waals surface area contributed by atoms with Crippen molar-refractivity contribution in [2.75, 3.05) is 0 Å². The molecular weight excluding hydrogens is 623 g/mol. The lowest BCUT2D eigenvalue weighted by molar-refractivity contribution is 0.609. The molecule has 2 heterocycles. The van der Waals surface area contributed by atoms with E-state index in [0.29, 0.717) is 0 Å². The molecule has 8 aromatic rings. The average molecular weight is 658 g/mol. The van der Waals surface area contributed by atoms with Gasteiger partial charge in [0.05, 0.1) is 11.4 Å². The highest BCUT2D eigenvalue weighted by Gasteiger charge is 2.29. The van der Waals surface area contributed by atoms with Gasteiger partial charge in [0.1, 0.15) is 0 Å². The van der Waals surface area contributed by atoms with Crippen LogP contribution in [0.2, 0.25) is 0 Å². The van der Waals surface area contributed by atoms with Gasteiger partial charge in [0.2, 0.25) is 0 Å². The molecule has 1 aliphatic carbocycles. The van der Waals surface area contributed by atoms with Gasteiger partial charge in [-0.1, -0.05) is 165 Å². The van der Waals surface area contributed by atoms with Crippen LogP contribution in [0.4, 0.5) is 0 Å². The molecule has 0 N–H and O–H groups in total. The van der Waals surface area contributed by atoms with Crippen molar-refractivity contribution in [3.05, 3.63) is 193 Å². The monoisotopic (exact) mass is 657 g/mol. The number of allylic oxidation sites excluding steroid dienone is 4. The molecule has 238 valence electrons. The summed E-state index contributed by atoms with van der Waals surface area (Å²) < 4.78 is 2.68. The fraction of sp³-hybridized carbons (Fsp3) is 0.0625. The second-order valence-electron chi connectivity index (χ2n) is 13.4. The first kappa shape index (κ1) is 30.2. The molecule has 9 rings (SSSR count). The molecule has 0 saturated heterocycles. The predicted molar refractivity (Wildman–Crippen MR) is 214 cm³/mol. The molecular formula is C48H35NS. The maximum atomic E-state index is 5.13. The van der Waals surface area contributed by atoms with E-state index in [1.54, 1.807) is 0 Å². The van der Waals surface area contributed by atoms with Gasteiger partial charge in [0.25, 0.3) is 0 Å². The summed E-state index contributed by atoms with van der Waals surface area (Å²) in [5.41, 5.74) is 13.0. The third-order valence-corrected chi connectivity index (χ3v) is 11.3. The van der Waals surface area contributed by atoms with Crippen molar-refractivity contribution in [1.82, 2.24) is 4.98 Å². The van der Waals surface area contributed by atoms with Gasteiger partial charge >= 0.3 is 0 Å². The lowest BCUT2D eigenvalue weighted by Gasteiger charge is -2.31. The fourth-order valence-corrected chi connectivity index (χ4v) is 8.62. The normalized spacial score (nSPS) is 15.7. The third kappa shape index (κ3) is 5.58. The van der Waals surface area contributed by atoms with Gasteiger partial charge < -0.3 is 0 Å². The van der Waals surface area contributed by atoms with E-state index in [9.17, 15) is 0 Å². The zero-order valence-electron chi connectivity index (χ0n) is 27.9. The number of aromatic nitrogens is 1. The zero-order valence-corrected chi connectivity index (χ0v) is 28.7. The number of hydrogen-bond acceptors (Lipinski definition) is 2. The number of fused-ring (bicyclic) bond motifs is 3. The Hall–Kier alpha value is -5.83. The van der Waals surface area contributed by atoms with Gasteiger partial charge in [-0.05, 0) is 69.6 Å². The van der Waals surface area contributed by atoms with Gasteiger partial charge in [-0.2, -0.15) is 0 Å². The Morgan fingerprint density at radius 2 is 1.12 bits per heavy atom. The fourth-order valence-electron chi connectivity index (χ4n) is 7.38. The van der Waals surface area contributed by atoms with E-state index in [1.165, 1.54) is 59.1 Å². The van der Waals surface area contributed by atoms with Crippen molar-refractivity contribution in [1.29, 1.82) is 0 Å². The van der Waals surface area contributed by atoms with E-state index in [0.717, 1.165) is 28.9 Å². The second kappa shape index (κ2) is 12.6. The molecule has 6 aromatic carbocycles. The summed E-state index contributed by atoms with van der Waals surface area (Å²) in [5.74, 6) is 0. The van der Waals surface area contributed by atoms with E-state index in [2.05, 4.69) is 189 Å². The van der Waals surface area contributed by atoms with E-state index in [4.69, 9.17) is 4.98 Å². The third-order valence-electron chi connectivity index (χ3n) is 10.1.